The predicted octanol–water partition coefficient (Wildman–Crippen LogP) is 4.57. The number of nitrogens with zero attached hydrogens (tertiary/aromatic N) is 5. The molecular formula is C25H31N5S. The molecule has 2 aliphatic rings. The molecule has 0 saturated carbocycles. The highest BCUT2D eigenvalue weighted by atomic mass is 32.2. The van der Waals surface area contributed by atoms with Crippen LogP contribution in [0.4, 0.5) is 5.69 Å². The van der Waals surface area contributed by atoms with E-state index in [0.717, 1.165) is 22.3 Å². The molecule has 2 aliphatic heterocycles. The smallest absolute Gasteiger partial charge is 0.191 e. The van der Waals surface area contributed by atoms with Crippen LogP contribution in [0, 0.1) is 5.41 Å². The average Bonchev–Trinajstić information content (AvgIpc) is 3.52. The topological polar surface area (TPSA) is 37.2 Å². The molecule has 2 aromatic carbocycles. The van der Waals surface area contributed by atoms with Crippen molar-refractivity contribution in [3.05, 3.63) is 60.7 Å². The second-order valence-corrected chi connectivity index (χ2v) is 10.0. The third kappa shape index (κ3) is 4.51. The molecule has 5 nitrogen and oxygen atoms in total. The van der Waals surface area contributed by atoms with Crippen LogP contribution in [-0.4, -0.2) is 58.1 Å². The van der Waals surface area contributed by atoms with Crippen molar-refractivity contribution in [3.63, 3.8) is 0 Å². The van der Waals surface area contributed by atoms with Crippen molar-refractivity contribution >= 4 is 17.4 Å². The molecular weight excluding hydrogens is 402 g/mol. The maximum atomic E-state index is 4.41. The standard InChI is InChI=1S/C25H31N5S/c1-28-23(21-9-4-2-5-10-21)26-27-24(28)31-18-8-15-29-16-13-25(19-29)14-17-30(20-25)22-11-6-3-7-12-22/h2-7,9-12H,8,13-20H2,1H3. The molecule has 2 saturated heterocycles. The number of anilines is 1. The van der Waals surface area contributed by atoms with Gasteiger partial charge in [0.05, 0.1) is 0 Å². The maximum Gasteiger partial charge on any atom is 0.191 e. The predicted molar refractivity (Wildman–Crippen MR) is 129 cm³/mol. The van der Waals surface area contributed by atoms with Gasteiger partial charge in [-0.15, -0.1) is 10.2 Å². The van der Waals surface area contributed by atoms with Gasteiger partial charge in [0.25, 0.3) is 0 Å². The van der Waals surface area contributed by atoms with Gasteiger partial charge < -0.3 is 14.4 Å². The summed E-state index contributed by atoms with van der Waals surface area (Å²) in [6.07, 6.45) is 3.86. The lowest BCUT2D eigenvalue weighted by Crippen LogP contribution is -2.31. The molecule has 0 N–H and O–H groups in total. The normalized spacial score (nSPS) is 21.4. The molecule has 1 unspecified atom stereocenters. The van der Waals surface area contributed by atoms with Crippen LogP contribution >= 0.6 is 11.8 Å². The Balaban J connectivity index is 1.08. The van der Waals surface area contributed by atoms with Gasteiger partial charge in [-0.05, 0) is 44.5 Å². The van der Waals surface area contributed by atoms with Crippen molar-refractivity contribution in [1.29, 1.82) is 0 Å². The summed E-state index contributed by atoms with van der Waals surface area (Å²) in [7, 11) is 2.06. The Morgan fingerprint density at radius 1 is 0.903 bits per heavy atom. The lowest BCUT2D eigenvalue weighted by atomic mass is 9.86. The Labute approximate surface area is 189 Å². The summed E-state index contributed by atoms with van der Waals surface area (Å²) in [5, 5.41) is 9.82. The van der Waals surface area contributed by atoms with Gasteiger partial charge in [0, 0.05) is 49.1 Å². The number of rotatable bonds is 7. The lowest BCUT2D eigenvalue weighted by Gasteiger charge is -2.25. The lowest BCUT2D eigenvalue weighted by molar-refractivity contribution is 0.277. The third-order valence-corrected chi connectivity index (χ3v) is 7.90. The zero-order valence-corrected chi connectivity index (χ0v) is 19.1. The number of likely N-dealkylation sites (tertiary alicyclic amines) is 1. The summed E-state index contributed by atoms with van der Waals surface area (Å²) in [4.78, 5) is 5.26. The number of para-hydroxylation sites is 1. The van der Waals surface area contributed by atoms with E-state index >= 15 is 0 Å². The molecule has 2 fully saturated rings. The molecule has 0 bridgehead atoms. The minimum atomic E-state index is 0.497. The first kappa shape index (κ1) is 20.6. The number of hydrogen-bond acceptors (Lipinski definition) is 5. The van der Waals surface area contributed by atoms with Gasteiger partial charge in [0.1, 0.15) is 0 Å². The SMILES string of the molecule is Cn1c(SCCCN2CCC3(CCN(c4ccccc4)C3)C2)nnc1-c1ccccc1. The first-order valence-corrected chi connectivity index (χ1v) is 12.3. The zero-order chi connectivity index (χ0) is 21.1. The van der Waals surface area contributed by atoms with E-state index in [1.807, 2.05) is 30.0 Å². The van der Waals surface area contributed by atoms with Crippen LogP contribution in [0.25, 0.3) is 11.4 Å². The van der Waals surface area contributed by atoms with Gasteiger partial charge in [0.15, 0.2) is 11.0 Å². The summed E-state index contributed by atoms with van der Waals surface area (Å²) < 4.78 is 2.11. The summed E-state index contributed by atoms with van der Waals surface area (Å²) >= 11 is 1.82. The molecule has 0 radical (unpaired) electrons. The zero-order valence-electron chi connectivity index (χ0n) is 18.3. The number of aromatic nitrogens is 3. The van der Waals surface area contributed by atoms with Gasteiger partial charge in [-0.25, -0.2) is 0 Å². The van der Waals surface area contributed by atoms with E-state index in [2.05, 4.69) is 74.1 Å². The largest absolute Gasteiger partial charge is 0.371 e. The molecule has 31 heavy (non-hydrogen) atoms. The molecule has 5 rings (SSSR count). The molecule has 0 aliphatic carbocycles. The van der Waals surface area contributed by atoms with E-state index in [4.69, 9.17) is 0 Å². The Kier molecular flexibility index (Phi) is 6.01. The fraction of sp³-hybridized carbons (Fsp3) is 0.440. The summed E-state index contributed by atoms with van der Waals surface area (Å²) in [5.74, 6) is 2.02. The number of benzene rings is 2. The Bertz CT molecular complexity index is 990. The molecule has 162 valence electrons. The van der Waals surface area contributed by atoms with E-state index in [-0.39, 0.29) is 0 Å². The van der Waals surface area contributed by atoms with Crippen molar-refractivity contribution in [2.45, 2.75) is 24.4 Å². The van der Waals surface area contributed by atoms with Crippen molar-refractivity contribution in [3.8, 4) is 11.4 Å². The molecule has 1 spiro atoms. The highest BCUT2D eigenvalue weighted by Gasteiger charge is 2.43. The number of hydrogen-bond donors (Lipinski definition) is 0. The van der Waals surface area contributed by atoms with Crippen LogP contribution in [0.15, 0.2) is 65.8 Å². The van der Waals surface area contributed by atoms with Gasteiger partial charge in [-0.3, -0.25) is 0 Å². The highest BCUT2D eigenvalue weighted by molar-refractivity contribution is 7.99. The van der Waals surface area contributed by atoms with Crippen LogP contribution in [0.3, 0.4) is 0 Å². The minimum absolute atomic E-state index is 0.497. The van der Waals surface area contributed by atoms with Crippen LogP contribution in [0.1, 0.15) is 19.3 Å². The van der Waals surface area contributed by atoms with E-state index in [9.17, 15) is 0 Å². The summed E-state index contributed by atoms with van der Waals surface area (Å²) in [5.41, 5.74) is 3.00. The van der Waals surface area contributed by atoms with Gasteiger partial charge in [-0.2, -0.15) is 0 Å². The van der Waals surface area contributed by atoms with Crippen molar-refractivity contribution in [2.75, 3.05) is 43.4 Å². The van der Waals surface area contributed by atoms with E-state index in [0.29, 0.717) is 5.41 Å². The van der Waals surface area contributed by atoms with E-state index in [1.165, 1.54) is 57.7 Å². The summed E-state index contributed by atoms with van der Waals surface area (Å²) in [6, 6.07) is 21.2. The first-order valence-electron chi connectivity index (χ1n) is 11.3. The molecule has 6 heteroatoms. The summed E-state index contributed by atoms with van der Waals surface area (Å²) in [6.45, 7) is 6.09. The molecule has 1 aromatic heterocycles. The average molecular weight is 434 g/mol. The molecule has 0 amide bonds. The monoisotopic (exact) mass is 433 g/mol. The number of thioether (sulfide) groups is 1. The van der Waals surface area contributed by atoms with Crippen molar-refractivity contribution in [2.24, 2.45) is 12.5 Å². The molecule has 3 aromatic rings. The minimum Gasteiger partial charge on any atom is -0.371 e. The maximum absolute atomic E-state index is 4.41. The quantitative estimate of drug-likeness (QED) is 0.403. The van der Waals surface area contributed by atoms with Gasteiger partial charge in [0.2, 0.25) is 0 Å². The first-order chi connectivity index (χ1) is 15.2. The Morgan fingerprint density at radius 2 is 1.65 bits per heavy atom. The Hall–Kier alpha value is -2.31. The highest BCUT2D eigenvalue weighted by Crippen LogP contribution is 2.41. The third-order valence-electron chi connectivity index (χ3n) is 6.79. The van der Waals surface area contributed by atoms with Gasteiger partial charge >= 0.3 is 0 Å². The second-order valence-electron chi connectivity index (χ2n) is 8.97. The second kappa shape index (κ2) is 9.05. The van der Waals surface area contributed by atoms with Crippen molar-refractivity contribution < 1.29 is 0 Å². The van der Waals surface area contributed by atoms with Crippen LogP contribution < -0.4 is 4.90 Å². The van der Waals surface area contributed by atoms with E-state index < -0.39 is 0 Å². The van der Waals surface area contributed by atoms with Gasteiger partial charge in [-0.1, -0.05) is 60.3 Å². The molecule has 1 atom stereocenters. The van der Waals surface area contributed by atoms with Crippen LogP contribution in [0.5, 0.6) is 0 Å². The van der Waals surface area contributed by atoms with E-state index in [1.54, 1.807) is 0 Å². The molecule has 3 heterocycles. The van der Waals surface area contributed by atoms with Crippen LogP contribution in [-0.2, 0) is 7.05 Å². The fourth-order valence-electron chi connectivity index (χ4n) is 5.08. The fourth-order valence-corrected chi connectivity index (χ4v) is 5.91. The Morgan fingerprint density at radius 3 is 2.45 bits per heavy atom. The van der Waals surface area contributed by atoms with Crippen LogP contribution in [0.2, 0.25) is 0 Å². The van der Waals surface area contributed by atoms with Crippen molar-refractivity contribution in [1.82, 2.24) is 19.7 Å².